The van der Waals surface area contributed by atoms with Crippen LogP contribution >= 0.6 is 0 Å². The molecule has 0 aliphatic carbocycles. The third-order valence-corrected chi connectivity index (χ3v) is 4.55. The van der Waals surface area contributed by atoms with Gasteiger partial charge in [-0.2, -0.15) is 5.26 Å². The first-order valence-electron chi connectivity index (χ1n) is 9.64. The second kappa shape index (κ2) is 9.33. The van der Waals surface area contributed by atoms with Crippen LogP contribution in [0.2, 0.25) is 0 Å². The van der Waals surface area contributed by atoms with Gasteiger partial charge in [-0.05, 0) is 47.0 Å². The van der Waals surface area contributed by atoms with Crippen LogP contribution in [0.15, 0.2) is 91.1 Å². The lowest BCUT2D eigenvalue weighted by molar-refractivity contribution is -0.128. The van der Waals surface area contributed by atoms with Gasteiger partial charge >= 0.3 is 5.97 Å². The maximum absolute atomic E-state index is 12.1. The average molecular weight is 406 g/mol. The van der Waals surface area contributed by atoms with Crippen molar-refractivity contribution in [3.8, 4) is 22.9 Å². The molecule has 0 saturated carbocycles. The molecule has 0 atom stereocenters. The number of rotatable bonds is 6. The zero-order valence-corrected chi connectivity index (χ0v) is 16.6. The molecule has 0 aliphatic rings. The third-order valence-electron chi connectivity index (χ3n) is 4.55. The highest BCUT2D eigenvalue weighted by atomic mass is 16.5. The summed E-state index contributed by atoms with van der Waals surface area (Å²) in [6, 6.07) is 26.5. The van der Waals surface area contributed by atoms with Crippen LogP contribution in [0.5, 0.6) is 5.75 Å². The quantitative estimate of drug-likeness (QED) is 0.268. The molecule has 0 N–H and O–H groups in total. The molecule has 1 aromatic heterocycles. The van der Waals surface area contributed by atoms with Crippen LogP contribution in [0, 0.1) is 11.3 Å². The van der Waals surface area contributed by atoms with E-state index in [9.17, 15) is 4.79 Å². The van der Waals surface area contributed by atoms with Crippen LogP contribution in [0.4, 0.5) is 0 Å². The van der Waals surface area contributed by atoms with Crippen molar-refractivity contribution < 1.29 is 9.53 Å². The molecular weight excluding hydrogens is 388 g/mol. The molecule has 31 heavy (non-hydrogen) atoms. The van der Waals surface area contributed by atoms with Gasteiger partial charge < -0.3 is 4.74 Å². The van der Waals surface area contributed by atoms with Crippen LogP contribution in [-0.4, -0.2) is 21.0 Å². The zero-order valence-electron chi connectivity index (χ0n) is 16.6. The highest BCUT2D eigenvalue weighted by Gasteiger charge is 2.04. The first-order valence-corrected chi connectivity index (χ1v) is 9.64. The van der Waals surface area contributed by atoms with E-state index >= 15 is 0 Å². The zero-order chi connectivity index (χ0) is 21.5. The van der Waals surface area contributed by atoms with Crippen molar-refractivity contribution in [3.63, 3.8) is 0 Å². The Balaban J connectivity index is 1.34. The molecule has 150 valence electrons. The lowest BCUT2D eigenvalue weighted by atomic mass is 10.0. The molecule has 0 amide bonds. The van der Waals surface area contributed by atoms with E-state index in [-0.39, 0.29) is 0 Å². The summed E-state index contributed by atoms with van der Waals surface area (Å²) < 4.78 is 7.05. The fourth-order valence-electron chi connectivity index (χ4n) is 2.99. The molecule has 0 fully saturated rings. The lowest BCUT2D eigenvalue weighted by Gasteiger charge is -2.04. The Morgan fingerprint density at radius 3 is 2.32 bits per heavy atom. The Hall–Kier alpha value is -4.50. The topological polar surface area (TPSA) is 80.8 Å². The van der Waals surface area contributed by atoms with E-state index in [2.05, 4.69) is 16.4 Å². The highest BCUT2D eigenvalue weighted by Crippen LogP contribution is 2.23. The molecule has 4 rings (SSSR count). The van der Waals surface area contributed by atoms with Crippen molar-refractivity contribution in [2.45, 2.75) is 6.54 Å². The number of carbonyl (C=O) groups is 1. The van der Waals surface area contributed by atoms with E-state index in [0.717, 1.165) is 16.7 Å². The van der Waals surface area contributed by atoms with Crippen molar-refractivity contribution in [3.05, 3.63) is 108 Å². The maximum Gasteiger partial charge on any atom is 0.336 e. The Labute approximate surface area is 179 Å². The summed E-state index contributed by atoms with van der Waals surface area (Å²) in [6.07, 6.45) is 4.66. The number of hydrogen-bond donors (Lipinski definition) is 0. The number of esters is 1. The van der Waals surface area contributed by atoms with Gasteiger partial charge in [-0.25, -0.2) is 9.48 Å². The fourth-order valence-corrected chi connectivity index (χ4v) is 2.99. The summed E-state index contributed by atoms with van der Waals surface area (Å²) in [5.41, 5.74) is 4.25. The Morgan fingerprint density at radius 2 is 1.65 bits per heavy atom. The Bertz CT molecular complexity index is 1240. The van der Waals surface area contributed by atoms with Gasteiger partial charge in [0.25, 0.3) is 0 Å². The largest absolute Gasteiger partial charge is 0.423 e. The SMILES string of the molecule is N#Cc1ccc(-c2ccc(OC(=O)/C=C/c3cn(Cc4ccccc4)nn3)cc2)cc1. The Morgan fingerprint density at radius 1 is 0.968 bits per heavy atom. The Kier molecular flexibility index (Phi) is 5.96. The average Bonchev–Trinajstić information content (AvgIpc) is 3.26. The minimum atomic E-state index is -0.497. The maximum atomic E-state index is 12.1. The smallest absolute Gasteiger partial charge is 0.336 e. The monoisotopic (exact) mass is 406 g/mol. The predicted octanol–water partition coefficient (Wildman–Crippen LogP) is 4.48. The van der Waals surface area contributed by atoms with Gasteiger partial charge in [0.05, 0.1) is 24.4 Å². The standard InChI is InChI=1S/C25H18N4O2/c26-16-19-6-8-21(9-7-19)22-10-13-24(14-11-22)31-25(30)15-12-23-18-29(28-27-23)17-20-4-2-1-3-5-20/h1-15,18H,17H2/b15-12+. The summed E-state index contributed by atoms with van der Waals surface area (Å²) in [7, 11) is 0. The van der Waals surface area contributed by atoms with Gasteiger partial charge in [-0.1, -0.05) is 59.8 Å². The van der Waals surface area contributed by atoms with Crippen LogP contribution in [0.3, 0.4) is 0 Å². The third kappa shape index (κ3) is 5.31. The van der Waals surface area contributed by atoms with Crippen LogP contribution in [-0.2, 0) is 11.3 Å². The summed E-state index contributed by atoms with van der Waals surface area (Å²) in [5, 5.41) is 17.0. The molecule has 0 saturated heterocycles. The number of nitriles is 1. The van der Waals surface area contributed by atoms with E-state index in [1.165, 1.54) is 6.08 Å². The molecule has 0 spiro atoms. The number of ether oxygens (including phenoxy) is 1. The molecule has 4 aromatic rings. The van der Waals surface area contributed by atoms with E-state index in [1.807, 2.05) is 54.6 Å². The van der Waals surface area contributed by atoms with Crippen LogP contribution in [0.25, 0.3) is 17.2 Å². The first-order chi connectivity index (χ1) is 15.2. The molecule has 0 radical (unpaired) electrons. The molecule has 3 aromatic carbocycles. The van der Waals surface area contributed by atoms with Crippen LogP contribution in [0.1, 0.15) is 16.8 Å². The fraction of sp³-hybridized carbons (Fsp3) is 0.0400. The number of benzene rings is 3. The van der Waals surface area contributed by atoms with Crippen molar-refractivity contribution in [1.29, 1.82) is 5.26 Å². The first kappa shape index (κ1) is 19.8. The van der Waals surface area contributed by atoms with Crippen LogP contribution < -0.4 is 4.74 Å². The van der Waals surface area contributed by atoms with Crippen molar-refractivity contribution in [1.82, 2.24) is 15.0 Å². The molecule has 1 heterocycles. The normalized spacial score (nSPS) is 10.7. The second-order valence-corrected chi connectivity index (χ2v) is 6.79. The van der Waals surface area contributed by atoms with Gasteiger partial charge in [-0.15, -0.1) is 5.10 Å². The van der Waals surface area contributed by atoms with Crippen molar-refractivity contribution >= 4 is 12.0 Å². The van der Waals surface area contributed by atoms with E-state index in [4.69, 9.17) is 10.00 Å². The molecule has 0 unspecified atom stereocenters. The van der Waals surface area contributed by atoms with Gasteiger partial charge in [0, 0.05) is 6.08 Å². The van der Waals surface area contributed by atoms with E-state index in [1.54, 1.807) is 41.2 Å². The molecule has 6 heteroatoms. The molecule has 0 bridgehead atoms. The number of nitrogens with zero attached hydrogens (tertiary/aromatic N) is 4. The summed E-state index contributed by atoms with van der Waals surface area (Å²) in [6.45, 7) is 0.609. The number of carbonyl (C=O) groups excluding carboxylic acids is 1. The predicted molar refractivity (Wildman–Crippen MR) is 117 cm³/mol. The molecule has 0 aliphatic heterocycles. The minimum absolute atomic E-state index is 0.444. The van der Waals surface area contributed by atoms with Gasteiger partial charge in [0.1, 0.15) is 11.4 Å². The van der Waals surface area contributed by atoms with E-state index in [0.29, 0.717) is 23.6 Å². The lowest BCUT2D eigenvalue weighted by Crippen LogP contribution is -2.03. The minimum Gasteiger partial charge on any atom is -0.423 e. The van der Waals surface area contributed by atoms with Crippen molar-refractivity contribution in [2.75, 3.05) is 0 Å². The number of aromatic nitrogens is 3. The second-order valence-electron chi connectivity index (χ2n) is 6.79. The van der Waals surface area contributed by atoms with Gasteiger partial charge in [-0.3, -0.25) is 0 Å². The molecule has 6 nitrogen and oxygen atoms in total. The molecular formula is C25H18N4O2. The summed E-state index contributed by atoms with van der Waals surface area (Å²) >= 11 is 0. The van der Waals surface area contributed by atoms with Gasteiger partial charge in [0.15, 0.2) is 0 Å². The van der Waals surface area contributed by atoms with E-state index < -0.39 is 5.97 Å². The number of hydrogen-bond acceptors (Lipinski definition) is 5. The van der Waals surface area contributed by atoms with Gasteiger partial charge in [0.2, 0.25) is 0 Å². The summed E-state index contributed by atoms with van der Waals surface area (Å²) in [5.74, 6) is -0.0523. The van der Waals surface area contributed by atoms with Crippen molar-refractivity contribution in [2.24, 2.45) is 0 Å². The highest BCUT2D eigenvalue weighted by molar-refractivity contribution is 5.88. The summed E-state index contributed by atoms with van der Waals surface area (Å²) in [4.78, 5) is 12.1.